The minimum Gasteiger partial charge on any atom is -0.493 e. The number of pyridine rings is 1. The van der Waals surface area contributed by atoms with Crippen molar-refractivity contribution in [2.75, 3.05) is 37.7 Å². The number of ether oxygens (including phenoxy) is 2. The molecule has 0 amide bonds. The summed E-state index contributed by atoms with van der Waals surface area (Å²) in [6.07, 6.45) is 3.01. The normalized spacial score (nSPS) is 21.5. The largest absolute Gasteiger partial charge is 0.493 e. The van der Waals surface area contributed by atoms with Gasteiger partial charge in [-0.1, -0.05) is 18.2 Å². The number of aromatic nitrogens is 1. The van der Waals surface area contributed by atoms with Gasteiger partial charge in [0.15, 0.2) is 5.96 Å². The van der Waals surface area contributed by atoms with E-state index in [0.717, 1.165) is 55.8 Å². The Labute approximate surface area is 178 Å². The molecule has 2 N–H and O–H groups in total. The highest BCUT2D eigenvalue weighted by Crippen LogP contribution is 2.31. The van der Waals surface area contributed by atoms with E-state index in [9.17, 15) is 0 Å². The second kappa shape index (κ2) is 9.80. The number of nitrogens with zero attached hydrogens (tertiary/aromatic N) is 3. The van der Waals surface area contributed by atoms with Crippen LogP contribution in [0.4, 0.5) is 5.82 Å². The monoisotopic (exact) mass is 409 g/mol. The summed E-state index contributed by atoms with van der Waals surface area (Å²) in [5.41, 5.74) is 2.32. The Bertz CT molecular complexity index is 872. The average molecular weight is 410 g/mol. The third kappa shape index (κ3) is 5.02. The van der Waals surface area contributed by atoms with Crippen LogP contribution in [0.25, 0.3) is 0 Å². The molecule has 2 atom stereocenters. The number of morpholine rings is 1. The molecule has 3 heterocycles. The van der Waals surface area contributed by atoms with Gasteiger partial charge >= 0.3 is 0 Å². The van der Waals surface area contributed by atoms with Crippen LogP contribution in [0.2, 0.25) is 0 Å². The molecule has 0 saturated carbocycles. The number of anilines is 1. The predicted molar refractivity (Wildman–Crippen MR) is 119 cm³/mol. The first kappa shape index (κ1) is 20.5. The molecule has 30 heavy (non-hydrogen) atoms. The predicted octanol–water partition coefficient (Wildman–Crippen LogP) is 2.89. The molecule has 2 aliphatic rings. The number of nitrogens with one attached hydrogen (secondary N) is 2. The molecule has 0 radical (unpaired) electrons. The quantitative estimate of drug-likeness (QED) is 0.585. The molecule has 7 heteroatoms. The van der Waals surface area contributed by atoms with Crippen molar-refractivity contribution in [3.05, 3.63) is 53.7 Å². The number of hydrogen-bond acceptors (Lipinski definition) is 5. The zero-order valence-corrected chi connectivity index (χ0v) is 17.8. The van der Waals surface area contributed by atoms with Gasteiger partial charge in [-0.3, -0.25) is 0 Å². The number of hydrogen-bond donors (Lipinski definition) is 2. The fraction of sp³-hybridized carbons (Fsp3) is 0.478. The second-order valence-corrected chi connectivity index (χ2v) is 7.72. The SMILES string of the molecule is CCNC(=NCc1ccnc(N2CCOC(C)C2)c1)NC1CCOc2ccccc21. The Morgan fingerprint density at radius 1 is 1.27 bits per heavy atom. The van der Waals surface area contributed by atoms with Gasteiger partial charge in [-0.05, 0) is 37.6 Å². The van der Waals surface area contributed by atoms with Crippen molar-refractivity contribution in [3.8, 4) is 5.75 Å². The number of benzene rings is 1. The zero-order chi connectivity index (χ0) is 20.8. The summed E-state index contributed by atoms with van der Waals surface area (Å²) in [5.74, 6) is 2.77. The molecule has 1 aromatic carbocycles. The maximum Gasteiger partial charge on any atom is 0.192 e. The third-order valence-corrected chi connectivity index (χ3v) is 5.41. The van der Waals surface area contributed by atoms with Crippen LogP contribution in [-0.4, -0.2) is 49.9 Å². The van der Waals surface area contributed by atoms with Crippen LogP contribution in [0.15, 0.2) is 47.6 Å². The highest BCUT2D eigenvalue weighted by molar-refractivity contribution is 5.80. The summed E-state index contributed by atoms with van der Waals surface area (Å²) in [7, 11) is 0. The molecule has 0 bridgehead atoms. The van der Waals surface area contributed by atoms with Gasteiger partial charge in [0.2, 0.25) is 0 Å². The van der Waals surface area contributed by atoms with Gasteiger partial charge in [-0.25, -0.2) is 9.98 Å². The van der Waals surface area contributed by atoms with Crippen LogP contribution >= 0.6 is 0 Å². The minimum atomic E-state index is 0.190. The molecule has 4 rings (SSSR count). The molecule has 1 aromatic heterocycles. The third-order valence-electron chi connectivity index (χ3n) is 5.41. The molecule has 2 aromatic rings. The van der Waals surface area contributed by atoms with E-state index < -0.39 is 0 Å². The van der Waals surface area contributed by atoms with Crippen molar-refractivity contribution in [2.24, 2.45) is 4.99 Å². The standard InChI is InChI=1S/C23H31N5O2/c1-3-24-23(27-20-9-12-30-21-7-5-4-6-19(20)21)26-15-18-8-10-25-22(14-18)28-11-13-29-17(2)16-28/h4-8,10,14,17,20H,3,9,11-13,15-16H2,1-2H3,(H2,24,26,27). The van der Waals surface area contributed by atoms with Crippen LogP contribution in [0.1, 0.15) is 37.4 Å². The Hall–Kier alpha value is -2.80. The van der Waals surface area contributed by atoms with Crippen molar-refractivity contribution >= 4 is 11.8 Å². The lowest BCUT2D eigenvalue weighted by Crippen LogP contribution is -2.41. The van der Waals surface area contributed by atoms with E-state index >= 15 is 0 Å². The fourth-order valence-electron chi connectivity index (χ4n) is 3.91. The molecule has 0 aliphatic carbocycles. The van der Waals surface area contributed by atoms with E-state index in [2.05, 4.69) is 52.6 Å². The van der Waals surface area contributed by atoms with Gasteiger partial charge in [-0.2, -0.15) is 0 Å². The van der Waals surface area contributed by atoms with Crippen LogP contribution < -0.4 is 20.3 Å². The lowest BCUT2D eigenvalue weighted by Gasteiger charge is -2.32. The zero-order valence-electron chi connectivity index (χ0n) is 17.8. The number of guanidine groups is 1. The molecule has 7 nitrogen and oxygen atoms in total. The van der Waals surface area contributed by atoms with Gasteiger partial charge in [0.1, 0.15) is 11.6 Å². The maximum atomic E-state index is 5.78. The van der Waals surface area contributed by atoms with Gasteiger partial charge in [0.05, 0.1) is 31.9 Å². The first-order chi connectivity index (χ1) is 14.7. The molecule has 0 spiro atoms. The molecule has 2 aliphatic heterocycles. The molecular formula is C23H31N5O2. The van der Waals surface area contributed by atoms with Gasteiger partial charge in [-0.15, -0.1) is 0 Å². The fourth-order valence-corrected chi connectivity index (χ4v) is 3.91. The van der Waals surface area contributed by atoms with Crippen molar-refractivity contribution in [2.45, 2.75) is 39.0 Å². The summed E-state index contributed by atoms with van der Waals surface area (Å²) in [6.45, 7) is 8.78. The summed E-state index contributed by atoms with van der Waals surface area (Å²) in [6, 6.07) is 12.6. The van der Waals surface area contributed by atoms with Crippen molar-refractivity contribution in [1.29, 1.82) is 0 Å². The smallest absolute Gasteiger partial charge is 0.192 e. The van der Waals surface area contributed by atoms with E-state index in [1.165, 1.54) is 5.56 Å². The Balaban J connectivity index is 1.45. The lowest BCUT2D eigenvalue weighted by atomic mass is 10.0. The van der Waals surface area contributed by atoms with Crippen LogP contribution in [0.3, 0.4) is 0 Å². The van der Waals surface area contributed by atoms with E-state index in [1.807, 2.05) is 24.4 Å². The summed E-state index contributed by atoms with van der Waals surface area (Å²) >= 11 is 0. The molecule has 1 saturated heterocycles. The molecule has 2 unspecified atom stereocenters. The number of para-hydroxylation sites is 1. The highest BCUT2D eigenvalue weighted by Gasteiger charge is 2.22. The summed E-state index contributed by atoms with van der Waals surface area (Å²) < 4.78 is 11.4. The first-order valence-electron chi connectivity index (χ1n) is 10.8. The molecule has 1 fully saturated rings. The van der Waals surface area contributed by atoms with Crippen molar-refractivity contribution < 1.29 is 9.47 Å². The number of aliphatic imine (C=N–C) groups is 1. The Kier molecular flexibility index (Phi) is 6.69. The first-order valence-corrected chi connectivity index (χ1v) is 10.8. The van der Waals surface area contributed by atoms with Crippen molar-refractivity contribution in [3.63, 3.8) is 0 Å². The Morgan fingerprint density at radius 2 is 2.17 bits per heavy atom. The van der Waals surface area contributed by atoms with Crippen molar-refractivity contribution in [1.82, 2.24) is 15.6 Å². The maximum absolute atomic E-state index is 5.78. The van der Waals surface area contributed by atoms with Gasteiger partial charge < -0.3 is 25.0 Å². The van der Waals surface area contributed by atoms with Crippen LogP contribution in [-0.2, 0) is 11.3 Å². The van der Waals surface area contributed by atoms with Gasteiger partial charge in [0.25, 0.3) is 0 Å². The van der Waals surface area contributed by atoms with Crippen LogP contribution in [0.5, 0.6) is 5.75 Å². The Morgan fingerprint density at radius 3 is 3.03 bits per heavy atom. The summed E-state index contributed by atoms with van der Waals surface area (Å²) in [5, 5.41) is 6.95. The topological polar surface area (TPSA) is 71.0 Å². The van der Waals surface area contributed by atoms with E-state index in [-0.39, 0.29) is 12.1 Å². The van der Waals surface area contributed by atoms with Crippen LogP contribution in [0, 0.1) is 0 Å². The lowest BCUT2D eigenvalue weighted by molar-refractivity contribution is 0.0529. The number of rotatable bonds is 5. The van der Waals surface area contributed by atoms with E-state index in [1.54, 1.807) is 0 Å². The highest BCUT2D eigenvalue weighted by atomic mass is 16.5. The van der Waals surface area contributed by atoms with Gasteiger partial charge in [0, 0.05) is 37.8 Å². The number of fused-ring (bicyclic) bond motifs is 1. The molecule has 160 valence electrons. The average Bonchev–Trinajstić information content (AvgIpc) is 2.78. The molecular weight excluding hydrogens is 378 g/mol. The van der Waals surface area contributed by atoms with E-state index in [4.69, 9.17) is 14.5 Å². The second-order valence-electron chi connectivity index (χ2n) is 7.72. The van der Waals surface area contributed by atoms with E-state index in [0.29, 0.717) is 13.2 Å². The minimum absolute atomic E-state index is 0.190. The summed E-state index contributed by atoms with van der Waals surface area (Å²) in [4.78, 5) is 11.7.